The summed E-state index contributed by atoms with van der Waals surface area (Å²) in [6.07, 6.45) is 0. The number of carbonyl (C=O) groups is 1. The van der Waals surface area contributed by atoms with Gasteiger partial charge in [0, 0.05) is 9.26 Å². The molecule has 0 spiro atoms. The van der Waals surface area contributed by atoms with Crippen LogP contribution in [0.15, 0.2) is 42.5 Å². The molecule has 2 N–H and O–H groups in total. The summed E-state index contributed by atoms with van der Waals surface area (Å²) in [7, 11) is 1.32. The Morgan fingerprint density at radius 3 is 2.55 bits per heavy atom. The monoisotopic (exact) mass is 383 g/mol. The van der Waals surface area contributed by atoms with Crippen molar-refractivity contribution in [3.8, 4) is 5.75 Å². The lowest BCUT2D eigenvalue weighted by Gasteiger charge is -2.12. The molecular formula is C15H14INO3. The third kappa shape index (κ3) is 3.41. The van der Waals surface area contributed by atoms with Crippen molar-refractivity contribution in [3.05, 3.63) is 57.2 Å². The molecule has 0 aromatic heterocycles. The van der Waals surface area contributed by atoms with Crippen molar-refractivity contribution in [1.82, 2.24) is 0 Å². The van der Waals surface area contributed by atoms with Gasteiger partial charge in [0.2, 0.25) is 0 Å². The molecule has 0 amide bonds. The number of nitrogen functional groups attached to an aromatic ring is 1. The van der Waals surface area contributed by atoms with Gasteiger partial charge in [-0.25, -0.2) is 4.79 Å². The zero-order valence-corrected chi connectivity index (χ0v) is 13.1. The van der Waals surface area contributed by atoms with Crippen LogP contribution in [0.1, 0.15) is 15.9 Å². The van der Waals surface area contributed by atoms with Gasteiger partial charge in [0.05, 0.1) is 7.11 Å². The van der Waals surface area contributed by atoms with Crippen LogP contribution in [0.3, 0.4) is 0 Å². The number of rotatable bonds is 4. The molecule has 0 radical (unpaired) electrons. The zero-order chi connectivity index (χ0) is 14.5. The second kappa shape index (κ2) is 6.60. The van der Waals surface area contributed by atoms with E-state index in [1.54, 1.807) is 18.2 Å². The van der Waals surface area contributed by atoms with Gasteiger partial charge < -0.3 is 15.2 Å². The second-order valence-corrected chi connectivity index (χ2v) is 5.37. The molecule has 20 heavy (non-hydrogen) atoms. The van der Waals surface area contributed by atoms with Crippen LogP contribution in [0.25, 0.3) is 0 Å². The summed E-state index contributed by atoms with van der Waals surface area (Å²) < 4.78 is 11.6. The average molecular weight is 383 g/mol. The van der Waals surface area contributed by atoms with Gasteiger partial charge in [0.1, 0.15) is 17.9 Å². The average Bonchev–Trinajstić information content (AvgIpc) is 2.46. The maximum Gasteiger partial charge on any atom is 0.343 e. The Balaban J connectivity index is 2.19. The number of methoxy groups -OCH3 is 1. The third-order valence-corrected chi connectivity index (χ3v) is 3.47. The van der Waals surface area contributed by atoms with Crippen LogP contribution in [-0.4, -0.2) is 13.1 Å². The Labute approximate surface area is 131 Å². The maximum absolute atomic E-state index is 11.7. The predicted molar refractivity (Wildman–Crippen MR) is 85.7 cm³/mol. The first-order valence-corrected chi connectivity index (χ1v) is 7.03. The summed E-state index contributed by atoms with van der Waals surface area (Å²) in [5.41, 5.74) is 7.43. The lowest BCUT2D eigenvalue weighted by Crippen LogP contribution is -2.09. The van der Waals surface area contributed by atoms with Crippen LogP contribution in [-0.2, 0) is 11.3 Å². The molecule has 0 saturated heterocycles. The Morgan fingerprint density at radius 1 is 1.20 bits per heavy atom. The largest absolute Gasteiger partial charge is 0.488 e. The third-order valence-electron chi connectivity index (χ3n) is 2.76. The van der Waals surface area contributed by atoms with E-state index in [1.165, 1.54) is 7.11 Å². The van der Waals surface area contributed by atoms with Gasteiger partial charge in [-0.1, -0.05) is 18.2 Å². The van der Waals surface area contributed by atoms with Crippen LogP contribution >= 0.6 is 22.6 Å². The van der Waals surface area contributed by atoms with E-state index in [1.807, 2.05) is 24.3 Å². The van der Waals surface area contributed by atoms with Gasteiger partial charge in [-0.05, 0) is 52.4 Å². The molecule has 104 valence electrons. The van der Waals surface area contributed by atoms with E-state index in [-0.39, 0.29) is 5.56 Å². The highest BCUT2D eigenvalue weighted by Crippen LogP contribution is 2.26. The van der Waals surface area contributed by atoms with Gasteiger partial charge in [-0.2, -0.15) is 0 Å². The molecule has 2 aromatic carbocycles. The lowest BCUT2D eigenvalue weighted by molar-refractivity contribution is 0.0597. The van der Waals surface area contributed by atoms with E-state index >= 15 is 0 Å². The normalized spacial score (nSPS) is 10.1. The summed E-state index contributed by atoms with van der Waals surface area (Å²) in [4.78, 5) is 11.7. The highest BCUT2D eigenvalue weighted by atomic mass is 127. The molecular weight excluding hydrogens is 369 g/mol. The molecule has 0 fully saturated rings. The SMILES string of the molecule is COC(=O)c1c(N)cccc1OCc1ccc(I)cc1. The number of anilines is 1. The molecule has 2 aromatic rings. The standard InChI is InChI=1S/C15H14INO3/c1-19-15(18)14-12(17)3-2-4-13(14)20-9-10-5-7-11(16)8-6-10/h2-8H,9,17H2,1H3. The molecule has 0 heterocycles. The van der Waals surface area contributed by atoms with Crippen molar-refractivity contribution in [3.63, 3.8) is 0 Å². The molecule has 4 nitrogen and oxygen atoms in total. The van der Waals surface area contributed by atoms with Crippen LogP contribution in [0.5, 0.6) is 5.75 Å². The fraction of sp³-hybridized carbons (Fsp3) is 0.133. The Hall–Kier alpha value is -1.76. The van der Waals surface area contributed by atoms with Crippen molar-refractivity contribution in [2.45, 2.75) is 6.61 Å². The fourth-order valence-electron chi connectivity index (χ4n) is 1.73. The first-order valence-electron chi connectivity index (χ1n) is 5.96. The second-order valence-electron chi connectivity index (χ2n) is 4.13. The molecule has 0 aliphatic carbocycles. The van der Waals surface area contributed by atoms with E-state index in [9.17, 15) is 4.79 Å². The summed E-state index contributed by atoms with van der Waals surface area (Å²) in [5, 5.41) is 0. The summed E-state index contributed by atoms with van der Waals surface area (Å²) in [6, 6.07) is 13.0. The summed E-state index contributed by atoms with van der Waals surface area (Å²) >= 11 is 2.24. The predicted octanol–water partition coefficient (Wildman–Crippen LogP) is 3.24. The van der Waals surface area contributed by atoms with Gasteiger partial charge in [-0.3, -0.25) is 0 Å². The minimum Gasteiger partial charge on any atom is -0.488 e. The minimum absolute atomic E-state index is 0.264. The Morgan fingerprint density at radius 2 is 1.90 bits per heavy atom. The van der Waals surface area contributed by atoms with E-state index < -0.39 is 5.97 Å². The first kappa shape index (κ1) is 14.6. The van der Waals surface area contributed by atoms with E-state index in [0.717, 1.165) is 9.13 Å². The van der Waals surface area contributed by atoms with Gasteiger partial charge >= 0.3 is 5.97 Å². The number of halogens is 1. The zero-order valence-electron chi connectivity index (χ0n) is 10.9. The number of hydrogen-bond acceptors (Lipinski definition) is 4. The smallest absolute Gasteiger partial charge is 0.343 e. The highest BCUT2D eigenvalue weighted by molar-refractivity contribution is 14.1. The van der Waals surface area contributed by atoms with Gasteiger partial charge in [0.25, 0.3) is 0 Å². The molecule has 0 aliphatic rings. The number of carbonyl (C=O) groups excluding carboxylic acids is 1. The van der Waals surface area contributed by atoms with Crippen molar-refractivity contribution in [2.75, 3.05) is 12.8 Å². The molecule has 0 unspecified atom stereocenters. The van der Waals surface area contributed by atoms with Crippen LogP contribution in [0.2, 0.25) is 0 Å². The molecule has 5 heteroatoms. The molecule has 0 saturated carbocycles. The topological polar surface area (TPSA) is 61.5 Å². The Kier molecular flexibility index (Phi) is 4.84. The molecule has 0 aliphatic heterocycles. The summed E-state index contributed by atoms with van der Waals surface area (Å²) in [6.45, 7) is 0.365. The molecule has 0 atom stereocenters. The van der Waals surface area contributed by atoms with Gasteiger partial charge in [-0.15, -0.1) is 0 Å². The minimum atomic E-state index is -0.499. The lowest BCUT2D eigenvalue weighted by atomic mass is 10.1. The number of benzene rings is 2. The number of nitrogens with two attached hydrogens (primary N) is 1. The van der Waals surface area contributed by atoms with Crippen molar-refractivity contribution in [1.29, 1.82) is 0 Å². The van der Waals surface area contributed by atoms with Crippen molar-refractivity contribution in [2.24, 2.45) is 0 Å². The van der Waals surface area contributed by atoms with Crippen LogP contribution in [0, 0.1) is 3.57 Å². The maximum atomic E-state index is 11.7. The van der Waals surface area contributed by atoms with Crippen molar-refractivity contribution >= 4 is 34.2 Å². The molecule has 0 bridgehead atoms. The quantitative estimate of drug-likeness (QED) is 0.500. The number of ether oxygens (including phenoxy) is 2. The Bertz CT molecular complexity index is 611. The van der Waals surface area contributed by atoms with E-state index in [0.29, 0.717) is 18.0 Å². The van der Waals surface area contributed by atoms with Crippen LogP contribution < -0.4 is 10.5 Å². The van der Waals surface area contributed by atoms with E-state index in [4.69, 9.17) is 15.2 Å². The highest BCUT2D eigenvalue weighted by Gasteiger charge is 2.16. The van der Waals surface area contributed by atoms with Crippen molar-refractivity contribution < 1.29 is 14.3 Å². The van der Waals surface area contributed by atoms with E-state index in [2.05, 4.69) is 22.6 Å². The molecule has 2 rings (SSSR count). The van der Waals surface area contributed by atoms with Gasteiger partial charge in [0.15, 0.2) is 0 Å². The first-order chi connectivity index (χ1) is 9.61. The summed E-state index contributed by atoms with van der Waals surface area (Å²) in [5.74, 6) is -0.0730. The number of esters is 1. The van der Waals surface area contributed by atoms with Crippen LogP contribution in [0.4, 0.5) is 5.69 Å². The number of hydrogen-bond donors (Lipinski definition) is 1. The fourth-order valence-corrected chi connectivity index (χ4v) is 2.09.